The number of nitrogens with one attached hydrogen (secondary N) is 2. The molecule has 1 aliphatic heterocycles. The number of rotatable bonds is 7. The Bertz CT molecular complexity index is 1570. The maximum atomic E-state index is 14.5. The molecule has 6 nitrogen and oxygen atoms in total. The molecule has 46 heavy (non-hydrogen) atoms. The second kappa shape index (κ2) is 13.2. The van der Waals surface area contributed by atoms with Crippen molar-refractivity contribution >= 4 is 23.6 Å². The Morgan fingerprint density at radius 3 is 2.30 bits per heavy atom. The van der Waals surface area contributed by atoms with E-state index in [2.05, 4.69) is 10.5 Å². The van der Waals surface area contributed by atoms with E-state index in [-0.39, 0.29) is 24.1 Å². The number of fused-ring (bicyclic) bond motifs is 1. The first kappa shape index (κ1) is 34.6. The molecule has 0 spiro atoms. The fourth-order valence-electron chi connectivity index (χ4n) is 5.23. The zero-order valence-electron chi connectivity index (χ0n) is 24.2. The molecule has 0 radical (unpaired) electrons. The number of benzene rings is 2. The topological polar surface area (TPSA) is 79.8 Å². The van der Waals surface area contributed by atoms with Crippen molar-refractivity contribution in [3.63, 3.8) is 0 Å². The van der Waals surface area contributed by atoms with Gasteiger partial charge in [-0.15, -0.1) is 0 Å². The van der Waals surface area contributed by atoms with Crippen LogP contribution in [0.2, 0.25) is 0 Å². The molecule has 2 aliphatic rings. The molecule has 0 saturated carbocycles. The minimum absolute atomic E-state index is 0.0343. The Hall–Kier alpha value is -4.30. The van der Waals surface area contributed by atoms with Gasteiger partial charge in [-0.25, -0.2) is 0 Å². The Kier molecular flexibility index (Phi) is 9.92. The minimum Gasteiger partial charge on any atom is -0.374 e. The van der Waals surface area contributed by atoms with Crippen LogP contribution in [0.4, 0.5) is 39.5 Å². The summed E-state index contributed by atoms with van der Waals surface area (Å²) >= 11 is 0. The molecule has 1 unspecified atom stereocenters. The van der Waals surface area contributed by atoms with E-state index in [1.54, 1.807) is 23.5 Å². The molecule has 1 atom stereocenters. The third-order valence-corrected chi connectivity index (χ3v) is 7.45. The molecule has 15 heteroatoms. The smallest absolute Gasteiger partial charge is 0.374 e. The van der Waals surface area contributed by atoms with E-state index in [0.29, 0.717) is 41.2 Å². The number of alkyl halides is 9. The van der Waals surface area contributed by atoms with Gasteiger partial charge in [0.2, 0.25) is 11.8 Å². The van der Waals surface area contributed by atoms with Gasteiger partial charge < -0.3 is 15.5 Å². The van der Waals surface area contributed by atoms with Crippen molar-refractivity contribution in [1.29, 1.82) is 0 Å². The number of carbonyl (C=O) groups excluding carboxylic acids is 2. The highest BCUT2D eigenvalue weighted by Crippen LogP contribution is 2.49. The molecule has 1 aliphatic carbocycles. The lowest BCUT2D eigenvalue weighted by molar-refractivity contribution is -0.291. The van der Waals surface area contributed by atoms with Crippen molar-refractivity contribution in [2.75, 3.05) is 13.1 Å². The SMILES string of the molecule is Cc1cc(C(F)(F)F)cc(C2(C(F)(F)F)CCC(c3ccc(CC(=O)NCC(=O)NCC(F)(F)F)c4c3/C=C\C/C=C\C4)=NO2)c1. The zero-order valence-corrected chi connectivity index (χ0v) is 24.2. The van der Waals surface area contributed by atoms with Crippen LogP contribution in [0.3, 0.4) is 0 Å². The van der Waals surface area contributed by atoms with E-state index in [1.807, 2.05) is 12.2 Å². The van der Waals surface area contributed by atoms with Crippen molar-refractivity contribution in [3.8, 4) is 0 Å². The average Bonchev–Trinajstić information content (AvgIpc) is 2.94. The van der Waals surface area contributed by atoms with E-state index in [1.165, 1.54) is 13.0 Å². The number of aryl methyl sites for hydroxylation is 1. The van der Waals surface area contributed by atoms with Crippen molar-refractivity contribution in [3.05, 3.63) is 87.5 Å². The van der Waals surface area contributed by atoms with Crippen LogP contribution in [0.15, 0.2) is 53.7 Å². The predicted octanol–water partition coefficient (Wildman–Crippen LogP) is 6.84. The van der Waals surface area contributed by atoms with E-state index in [9.17, 15) is 49.1 Å². The normalized spacial score (nSPS) is 19.9. The number of allylic oxidation sites excluding steroid dienone is 3. The Morgan fingerprint density at radius 2 is 1.67 bits per heavy atom. The van der Waals surface area contributed by atoms with Crippen LogP contribution in [0.25, 0.3) is 6.08 Å². The molecule has 248 valence electrons. The van der Waals surface area contributed by atoms with Crippen molar-refractivity contribution in [2.24, 2.45) is 5.16 Å². The summed E-state index contributed by atoms with van der Waals surface area (Å²) in [4.78, 5) is 29.4. The van der Waals surface area contributed by atoms with Gasteiger partial charge in [0.25, 0.3) is 5.60 Å². The Morgan fingerprint density at radius 1 is 0.935 bits per heavy atom. The van der Waals surface area contributed by atoms with Crippen LogP contribution in [-0.4, -0.2) is 43.0 Å². The maximum Gasteiger partial charge on any atom is 0.435 e. The lowest BCUT2D eigenvalue weighted by atomic mass is 9.82. The summed E-state index contributed by atoms with van der Waals surface area (Å²) in [5, 5.41) is 7.72. The van der Waals surface area contributed by atoms with Crippen molar-refractivity contribution in [2.45, 2.75) is 63.2 Å². The largest absolute Gasteiger partial charge is 0.435 e. The van der Waals surface area contributed by atoms with E-state index in [0.717, 1.165) is 12.1 Å². The van der Waals surface area contributed by atoms with Gasteiger partial charge in [-0.3, -0.25) is 9.59 Å². The van der Waals surface area contributed by atoms with E-state index < -0.39 is 66.6 Å². The monoisotopic (exact) mass is 661 g/mol. The molecule has 4 rings (SSSR count). The molecule has 0 saturated heterocycles. The Labute approximate surface area is 257 Å². The fourth-order valence-corrected chi connectivity index (χ4v) is 5.23. The van der Waals surface area contributed by atoms with Gasteiger partial charge in [0.1, 0.15) is 6.54 Å². The molecule has 2 N–H and O–H groups in total. The summed E-state index contributed by atoms with van der Waals surface area (Å²) in [7, 11) is 0. The number of oxime groups is 1. The summed E-state index contributed by atoms with van der Waals surface area (Å²) in [6.07, 6.45) is -7.91. The number of nitrogens with zero attached hydrogens (tertiary/aromatic N) is 1. The molecular formula is C31H28F9N3O3. The number of carbonyl (C=O) groups is 2. The highest BCUT2D eigenvalue weighted by molar-refractivity contribution is 6.04. The number of amides is 2. The first-order valence-electron chi connectivity index (χ1n) is 14.0. The summed E-state index contributed by atoms with van der Waals surface area (Å²) in [6.45, 7) is -0.981. The molecule has 1 heterocycles. The lowest BCUT2D eigenvalue weighted by Gasteiger charge is -2.37. The van der Waals surface area contributed by atoms with Crippen molar-refractivity contribution in [1.82, 2.24) is 10.6 Å². The van der Waals surface area contributed by atoms with E-state index in [4.69, 9.17) is 4.84 Å². The molecule has 2 amide bonds. The van der Waals surface area contributed by atoms with Gasteiger partial charge in [-0.05, 0) is 55.0 Å². The van der Waals surface area contributed by atoms with Gasteiger partial charge in [0.05, 0.1) is 24.2 Å². The van der Waals surface area contributed by atoms with Crippen LogP contribution in [0.1, 0.15) is 58.2 Å². The van der Waals surface area contributed by atoms with Crippen LogP contribution >= 0.6 is 0 Å². The summed E-state index contributed by atoms with van der Waals surface area (Å²) < 4.78 is 121. The number of halogens is 9. The summed E-state index contributed by atoms with van der Waals surface area (Å²) in [5.41, 5.74) is -2.97. The Balaban J connectivity index is 1.63. The van der Waals surface area contributed by atoms with Gasteiger partial charge in [-0.2, -0.15) is 39.5 Å². The highest BCUT2D eigenvalue weighted by Gasteiger charge is 2.60. The standard InChI is InChI=1S/C31H28F9N3O3/c1-18-12-20(15-21(13-18)30(35,36)37)28(31(38,39)40)11-10-25(43-46-28)24-9-8-19(22-6-4-2-3-5-7-23(22)24)14-26(44)41-16-27(45)42-17-29(32,33)34/h2,4-5,7-9,12-13,15H,3,6,10-11,14,16-17H2,1H3,(H,41,44)(H,42,45)/b4-2-,7-5-. The predicted molar refractivity (Wildman–Crippen MR) is 149 cm³/mol. The third-order valence-electron chi connectivity index (χ3n) is 7.45. The zero-order chi connectivity index (χ0) is 33.9. The van der Waals surface area contributed by atoms with Crippen LogP contribution in [-0.2, 0) is 39.0 Å². The maximum absolute atomic E-state index is 14.5. The molecule has 2 aromatic rings. The van der Waals surface area contributed by atoms with Gasteiger partial charge >= 0.3 is 18.5 Å². The van der Waals surface area contributed by atoms with Gasteiger partial charge in [0.15, 0.2) is 0 Å². The number of hydrogen-bond donors (Lipinski definition) is 2. The number of hydrogen-bond acceptors (Lipinski definition) is 4. The molecule has 0 aromatic heterocycles. The lowest BCUT2D eigenvalue weighted by Crippen LogP contribution is -2.46. The van der Waals surface area contributed by atoms with Gasteiger partial charge in [0, 0.05) is 17.5 Å². The van der Waals surface area contributed by atoms with Gasteiger partial charge in [-0.1, -0.05) is 53.2 Å². The minimum atomic E-state index is -5.11. The molecule has 0 fully saturated rings. The molecular weight excluding hydrogens is 633 g/mol. The molecule has 2 aromatic carbocycles. The van der Waals surface area contributed by atoms with Crippen LogP contribution in [0.5, 0.6) is 0 Å². The first-order chi connectivity index (χ1) is 21.4. The fraction of sp³-hybridized carbons (Fsp3) is 0.387. The highest BCUT2D eigenvalue weighted by atomic mass is 19.4. The second-order valence-electron chi connectivity index (χ2n) is 10.9. The average molecular weight is 662 g/mol. The second-order valence-corrected chi connectivity index (χ2v) is 10.9. The van der Waals surface area contributed by atoms with Crippen LogP contribution in [0, 0.1) is 6.92 Å². The summed E-state index contributed by atoms with van der Waals surface area (Å²) in [6, 6.07) is 5.24. The first-order valence-corrected chi connectivity index (χ1v) is 14.0. The van der Waals surface area contributed by atoms with E-state index >= 15 is 0 Å². The quantitative estimate of drug-likeness (QED) is 0.252. The molecule has 0 bridgehead atoms. The van der Waals surface area contributed by atoms with Crippen LogP contribution < -0.4 is 10.6 Å². The third kappa shape index (κ3) is 8.10. The van der Waals surface area contributed by atoms with Crippen molar-refractivity contribution < 1.29 is 53.9 Å². The summed E-state index contributed by atoms with van der Waals surface area (Å²) in [5.74, 6) is -1.69.